The molecule has 4 aliphatic rings. The number of ether oxygens (including phenoxy) is 3. The van der Waals surface area contributed by atoms with Gasteiger partial charge in [0.1, 0.15) is 47.0 Å². The Labute approximate surface area is 324 Å². The number of hydrogen-bond acceptors (Lipinski definition) is 11. The van der Waals surface area contributed by atoms with E-state index in [1.165, 1.54) is 16.2 Å². The number of benzene rings is 1. The van der Waals surface area contributed by atoms with Crippen molar-refractivity contribution in [3.8, 4) is 22.9 Å². The fourth-order valence-corrected chi connectivity index (χ4v) is 8.75. The molecule has 1 saturated heterocycles. The van der Waals surface area contributed by atoms with Crippen LogP contribution in [0.3, 0.4) is 0 Å². The summed E-state index contributed by atoms with van der Waals surface area (Å²) >= 11 is 1.47. The number of nitrogens with zero attached hydrogens (tertiary/aromatic N) is 3. The van der Waals surface area contributed by atoms with Crippen molar-refractivity contribution in [2.24, 2.45) is 5.92 Å². The molecule has 3 fully saturated rings. The second kappa shape index (κ2) is 16.4. The summed E-state index contributed by atoms with van der Waals surface area (Å²) in [5.74, 6) is -1.37. The lowest BCUT2D eigenvalue weighted by Crippen LogP contribution is -2.56. The zero-order chi connectivity index (χ0) is 38.7. The Morgan fingerprint density at radius 3 is 2.60 bits per heavy atom. The van der Waals surface area contributed by atoms with E-state index < -0.39 is 47.6 Å². The largest absolute Gasteiger partial charge is 0.497 e. The Balaban J connectivity index is 1.20. The topological polar surface area (TPSA) is 181 Å². The number of hydrogen-bond donors (Lipinski definition) is 4. The van der Waals surface area contributed by atoms with Gasteiger partial charge in [0.25, 0.3) is 0 Å². The van der Waals surface area contributed by atoms with E-state index in [1.54, 1.807) is 7.11 Å². The van der Waals surface area contributed by atoms with Gasteiger partial charge in [-0.05, 0) is 77.3 Å². The molecule has 2 aromatic heterocycles. The van der Waals surface area contributed by atoms with Crippen LogP contribution in [0.5, 0.6) is 11.5 Å². The first-order chi connectivity index (χ1) is 26.5. The number of pyridine rings is 1. The first-order valence-electron chi connectivity index (χ1n) is 19.4. The third-order valence-corrected chi connectivity index (χ3v) is 11.7. The van der Waals surface area contributed by atoms with Crippen molar-refractivity contribution in [2.75, 3.05) is 19.0 Å². The predicted octanol–water partition coefficient (Wildman–Crippen LogP) is 6.05. The summed E-state index contributed by atoms with van der Waals surface area (Å²) in [4.78, 5) is 65.5. The maximum atomic E-state index is 14.5. The van der Waals surface area contributed by atoms with Crippen molar-refractivity contribution in [2.45, 2.75) is 120 Å². The van der Waals surface area contributed by atoms with Gasteiger partial charge in [0, 0.05) is 41.3 Å². The van der Waals surface area contributed by atoms with E-state index in [2.05, 4.69) is 16.0 Å². The Morgan fingerprint density at radius 2 is 1.84 bits per heavy atom. The average molecular weight is 775 g/mol. The molecule has 2 unspecified atom stereocenters. The van der Waals surface area contributed by atoms with Gasteiger partial charge in [0.2, 0.25) is 11.8 Å². The molecule has 0 bridgehead atoms. The van der Waals surface area contributed by atoms with Crippen LogP contribution in [0.4, 0.5) is 9.93 Å². The Kier molecular flexibility index (Phi) is 11.5. The van der Waals surface area contributed by atoms with E-state index in [0.29, 0.717) is 46.6 Å². The van der Waals surface area contributed by atoms with Crippen LogP contribution in [-0.4, -0.2) is 93.4 Å². The van der Waals surface area contributed by atoms with Gasteiger partial charge in [-0.2, -0.15) is 0 Å². The number of thiazole rings is 1. The SMILES string of the molecule is COc1ccc2c(O[C@@H]3C[C@H]4C(=O)NC5(C(=O)O)CC5/C=C\CCCCC[C@H](NC(=O)OC5CCCC5)C(=O)N4C3)cc(-c3csc(NC(C)C)n3)nc2c1. The van der Waals surface area contributed by atoms with E-state index >= 15 is 0 Å². The monoisotopic (exact) mass is 774 g/mol. The molecule has 3 amide bonds. The number of fused-ring (bicyclic) bond motifs is 3. The Morgan fingerprint density at radius 1 is 1.04 bits per heavy atom. The van der Waals surface area contributed by atoms with Crippen LogP contribution in [-0.2, 0) is 19.1 Å². The van der Waals surface area contributed by atoms with E-state index in [1.807, 2.05) is 55.6 Å². The lowest BCUT2D eigenvalue weighted by atomic mass is 10.0. The van der Waals surface area contributed by atoms with Gasteiger partial charge < -0.3 is 40.2 Å². The van der Waals surface area contributed by atoms with Gasteiger partial charge in [0.05, 0.1) is 24.9 Å². The van der Waals surface area contributed by atoms with Crippen molar-refractivity contribution in [1.82, 2.24) is 25.5 Å². The summed E-state index contributed by atoms with van der Waals surface area (Å²) in [5, 5.41) is 22.6. The Hall–Kier alpha value is -4.92. The molecule has 1 aromatic carbocycles. The van der Waals surface area contributed by atoms with E-state index in [4.69, 9.17) is 24.2 Å². The van der Waals surface area contributed by atoms with Crippen LogP contribution in [0.1, 0.15) is 84.5 Å². The summed E-state index contributed by atoms with van der Waals surface area (Å²) in [6.07, 6.45) is 9.71. The van der Waals surface area contributed by atoms with Gasteiger partial charge in [-0.15, -0.1) is 11.3 Å². The van der Waals surface area contributed by atoms with Crippen molar-refractivity contribution in [1.29, 1.82) is 0 Å². The minimum Gasteiger partial charge on any atom is -0.497 e. The summed E-state index contributed by atoms with van der Waals surface area (Å²) in [7, 11) is 1.58. The van der Waals surface area contributed by atoms with Gasteiger partial charge in [-0.3, -0.25) is 9.59 Å². The number of aromatic nitrogens is 2. The molecule has 5 atom stereocenters. The molecule has 15 heteroatoms. The third kappa shape index (κ3) is 8.66. The summed E-state index contributed by atoms with van der Waals surface area (Å²) in [6.45, 7) is 4.11. The molecule has 2 aliphatic heterocycles. The molecule has 294 valence electrons. The number of nitrogens with one attached hydrogen (secondary N) is 3. The minimum atomic E-state index is -1.45. The molecule has 4 heterocycles. The molecular weight excluding hydrogens is 725 g/mol. The molecule has 3 aromatic rings. The van der Waals surface area contributed by atoms with Crippen molar-refractivity contribution >= 4 is 51.2 Å². The number of allylic oxidation sites excluding steroid dienone is 1. The smallest absolute Gasteiger partial charge is 0.408 e. The molecule has 0 radical (unpaired) electrons. The Bertz CT molecular complexity index is 1940. The molecule has 14 nitrogen and oxygen atoms in total. The van der Waals surface area contributed by atoms with Crippen LogP contribution in [0.2, 0.25) is 0 Å². The lowest BCUT2D eigenvalue weighted by molar-refractivity contribution is -0.145. The highest BCUT2D eigenvalue weighted by atomic mass is 32.1. The standard InChI is InChI=1S/C40H50N6O8S/c1-23(2)41-38-43-32(22-55-38)31-19-34(28-16-15-26(52-3)17-30(28)42-31)53-27-18-33-35(47)45-40(37(49)50)20-24(40)11-7-5-4-6-8-14-29(36(48)46(33)21-27)44-39(51)54-25-12-9-10-13-25/h7,11,15-17,19,22-25,27,29,33H,4-6,8-10,12-14,18,20-21H2,1-3H3,(H,41,43)(H,44,51)(H,45,47)(H,49,50)/b11-7-/t24?,27-,29+,33+,40?/m1/s1. The summed E-state index contributed by atoms with van der Waals surface area (Å²) < 4.78 is 17.9. The maximum absolute atomic E-state index is 14.5. The minimum absolute atomic E-state index is 0.0324. The van der Waals surface area contributed by atoms with E-state index in [-0.39, 0.29) is 37.5 Å². The lowest BCUT2D eigenvalue weighted by Gasteiger charge is -2.29. The molecule has 2 saturated carbocycles. The molecule has 7 rings (SSSR count). The maximum Gasteiger partial charge on any atom is 0.408 e. The van der Waals surface area contributed by atoms with E-state index in [0.717, 1.165) is 50.1 Å². The normalized spacial score (nSPS) is 26.7. The zero-order valence-corrected chi connectivity index (χ0v) is 32.4. The number of carbonyl (C=O) groups is 4. The van der Waals surface area contributed by atoms with Gasteiger partial charge in [-0.25, -0.2) is 19.6 Å². The predicted molar refractivity (Wildman–Crippen MR) is 207 cm³/mol. The van der Waals surface area contributed by atoms with Crippen LogP contribution in [0, 0.1) is 5.92 Å². The summed E-state index contributed by atoms with van der Waals surface area (Å²) in [6, 6.07) is 5.50. The first kappa shape index (κ1) is 38.4. The fraction of sp³-hybridized carbons (Fsp3) is 0.550. The highest BCUT2D eigenvalue weighted by molar-refractivity contribution is 7.14. The summed E-state index contributed by atoms with van der Waals surface area (Å²) in [5.41, 5.74) is 0.394. The highest BCUT2D eigenvalue weighted by Gasteiger charge is 2.61. The quantitative estimate of drug-likeness (QED) is 0.186. The van der Waals surface area contributed by atoms with Gasteiger partial charge in [0.15, 0.2) is 5.13 Å². The van der Waals surface area contributed by atoms with E-state index in [9.17, 15) is 24.3 Å². The average Bonchev–Trinajstić information content (AvgIpc) is 3.58. The third-order valence-electron chi connectivity index (χ3n) is 10.9. The van der Waals surface area contributed by atoms with Crippen molar-refractivity contribution in [3.05, 3.63) is 41.8 Å². The number of rotatable bonds is 9. The molecule has 0 spiro atoms. The van der Waals surface area contributed by atoms with Gasteiger partial charge >= 0.3 is 12.1 Å². The van der Waals surface area contributed by atoms with Crippen LogP contribution >= 0.6 is 11.3 Å². The van der Waals surface area contributed by atoms with Crippen molar-refractivity contribution < 1.29 is 38.5 Å². The number of aliphatic carboxylic acids is 1. The number of carboxylic acid groups (broad SMARTS) is 1. The van der Waals surface area contributed by atoms with Crippen LogP contribution in [0.15, 0.2) is 41.8 Å². The number of carboxylic acids is 1. The first-order valence-corrected chi connectivity index (χ1v) is 20.3. The number of carbonyl (C=O) groups excluding carboxylic acids is 3. The highest BCUT2D eigenvalue weighted by Crippen LogP contribution is 2.45. The van der Waals surface area contributed by atoms with Gasteiger partial charge in [-0.1, -0.05) is 25.0 Å². The number of methoxy groups -OCH3 is 1. The van der Waals surface area contributed by atoms with Crippen molar-refractivity contribution in [3.63, 3.8) is 0 Å². The second-order valence-corrected chi connectivity index (χ2v) is 16.2. The zero-order valence-electron chi connectivity index (χ0n) is 31.5. The van der Waals surface area contributed by atoms with Crippen LogP contribution < -0.4 is 25.4 Å². The fourth-order valence-electron chi connectivity index (χ4n) is 7.90. The molecular formula is C40H50N6O8S. The molecule has 2 aliphatic carbocycles. The van der Waals surface area contributed by atoms with Crippen LogP contribution in [0.25, 0.3) is 22.3 Å². The number of amides is 3. The number of anilines is 1. The second-order valence-electron chi connectivity index (χ2n) is 15.4. The number of alkyl carbamates (subject to hydrolysis) is 1. The molecule has 4 N–H and O–H groups in total. The molecule has 55 heavy (non-hydrogen) atoms.